The average molecular weight is 182 g/mol. The van der Waals surface area contributed by atoms with E-state index < -0.39 is 0 Å². The van der Waals surface area contributed by atoms with Gasteiger partial charge in [0.05, 0.1) is 13.0 Å². The SMILES string of the molecule is COC(=O)C1CC2CC[C@@H](C1)C2=O. The first-order valence-electron chi connectivity index (χ1n) is 4.84. The van der Waals surface area contributed by atoms with Crippen molar-refractivity contribution in [2.45, 2.75) is 25.7 Å². The van der Waals surface area contributed by atoms with E-state index in [9.17, 15) is 9.59 Å². The van der Waals surface area contributed by atoms with Gasteiger partial charge in [-0.1, -0.05) is 0 Å². The molecule has 2 rings (SSSR count). The van der Waals surface area contributed by atoms with Gasteiger partial charge < -0.3 is 4.74 Å². The Morgan fingerprint density at radius 1 is 1.31 bits per heavy atom. The molecule has 0 aliphatic heterocycles. The second kappa shape index (κ2) is 3.13. The minimum Gasteiger partial charge on any atom is -0.469 e. The van der Waals surface area contributed by atoms with Crippen molar-refractivity contribution in [3.8, 4) is 0 Å². The number of rotatable bonds is 1. The summed E-state index contributed by atoms with van der Waals surface area (Å²) in [5.74, 6) is 0.551. The molecule has 0 aromatic rings. The number of methoxy groups -OCH3 is 1. The highest BCUT2D eigenvalue weighted by atomic mass is 16.5. The summed E-state index contributed by atoms with van der Waals surface area (Å²) in [6.45, 7) is 0. The molecule has 13 heavy (non-hydrogen) atoms. The maximum Gasteiger partial charge on any atom is 0.308 e. The fourth-order valence-corrected chi connectivity index (χ4v) is 2.63. The first-order chi connectivity index (χ1) is 6.22. The number of ketones is 1. The predicted octanol–water partition coefficient (Wildman–Crippen LogP) is 1.16. The molecule has 2 aliphatic rings. The molecule has 0 spiro atoms. The van der Waals surface area contributed by atoms with Gasteiger partial charge in [0.2, 0.25) is 0 Å². The standard InChI is InChI=1S/C10H14O3/c1-13-10(12)8-4-6-2-3-7(5-8)9(6)11/h6-8H,2-5H2,1H3/t6-,7?,8?/m0/s1. The van der Waals surface area contributed by atoms with Crippen LogP contribution in [0.4, 0.5) is 0 Å². The highest BCUT2D eigenvalue weighted by Gasteiger charge is 2.43. The van der Waals surface area contributed by atoms with Gasteiger partial charge in [0.15, 0.2) is 0 Å². The second-order valence-corrected chi connectivity index (χ2v) is 4.07. The lowest BCUT2D eigenvalue weighted by Crippen LogP contribution is -2.30. The van der Waals surface area contributed by atoms with E-state index in [1.54, 1.807) is 0 Å². The highest BCUT2D eigenvalue weighted by molar-refractivity contribution is 5.88. The monoisotopic (exact) mass is 182 g/mol. The van der Waals surface area contributed by atoms with Crippen LogP contribution in [0.25, 0.3) is 0 Å². The first-order valence-corrected chi connectivity index (χ1v) is 4.84. The van der Waals surface area contributed by atoms with Crippen LogP contribution in [0.5, 0.6) is 0 Å². The van der Waals surface area contributed by atoms with Crippen molar-refractivity contribution in [1.29, 1.82) is 0 Å². The largest absolute Gasteiger partial charge is 0.469 e. The third kappa shape index (κ3) is 1.36. The van der Waals surface area contributed by atoms with Gasteiger partial charge in [-0.3, -0.25) is 9.59 Å². The van der Waals surface area contributed by atoms with Gasteiger partial charge in [-0.2, -0.15) is 0 Å². The molecule has 72 valence electrons. The van der Waals surface area contributed by atoms with Crippen LogP contribution in [0.3, 0.4) is 0 Å². The Labute approximate surface area is 77.4 Å². The van der Waals surface area contributed by atoms with Crippen LogP contribution in [-0.2, 0) is 14.3 Å². The van der Waals surface area contributed by atoms with Crippen molar-refractivity contribution in [3.05, 3.63) is 0 Å². The van der Waals surface area contributed by atoms with Gasteiger partial charge in [0.1, 0.15) is 5.78 Å². The highest BCUT2D eigenvalue weighted by Crippen LogP contribution is 2.42. The number of carbonyl (C=O) groups is 2. The van der Waals surface area contributed by atoms with Gasteiger partial charge in [-0.15, -0.1) is 0 Å². The first kappa shape index (κ1) is 8.73. The summed E-state index contributed by atoms with van der Waals surface area (Å²) in [5.41, 5.74) is 0. The molecule has 3 atom stereocenters. The number of esters is 1. The Morgan fingerprint density at radius 3 is 2.31 bits per heavy atom. The molecule has 2 saturated carbocycles. The number of hydrogen-bond acceptors (Lipinski definition) is 3. The smallest absolute Gasteiger partial charge is 0.308 e. The van der Waals surface area contributed by atoms with Crippen molar-refractivity contribution in [1.82, 2.24) is 0 Å². The molecule has 0 heterocycles. The van der Waals surface area contributed by atoms with E-state index in [4.69, 9.17) is 4.74 Å². The van der Waals surface area contributed by atoms with Gasteiger partial charge >= 0.3 is 5.97 Å². The summed E-state index contributed by atoms with van der Waals surface area (Å²) in [4.78, 5) is 22.8. The van der Waals surface area contributed by atoms with E-state index in [-0.39, 0.29) is 23.7 Å². The molecule has 0 N–H and O–H groups in total. The maximum atomic E-state index is 11.5. The lowest BCUT2D eigenvalue weighted by atomic mass is 9.80. The zero-order valence-electron chi connectivity index (χ0n) is 7.79. The van der Waals surface area contributed by atoms with Crippen LogP contribution in [0.1, 0.15) is 25.7 Å². The molecule has 3 nitrogen and oxygen atoms in total. The van der Waals surface area contributed by atoms with E-state index >= 15 is 0 Å². The summed E-state index contributed by atoms with van der Waals surface area (Å²) >= 11 is 0. The Hall–Kier alpha value is -0.860. The molecule has 0 aromatic heterocycles. The molecular weight excluding hydrogens is 168 g/mol. The fourth-order valence-electron chi connectivity index (χ4n) is 2.63. The van der Waals surface area contributed by atoms with Gasteiger partial charge in [0, 0.05) is 11.8 Å². The second-order valence-electron chi connectivity index (χ2n) is 4.07. The van der Waals surface area contributed by atoms with E-state index in [0.717, 1.165) is 25.7 Å². The molecule has 0 radical (unpaired) electrons. The van der Waals surface area contributed by atoms with Crippen molar-refractivity contribution in [3.63, 3.8) is 0 Å². The third-order valence-electron chi connectivity index (χ3n) is 3.34. The van der Waals surface area contributed by atoms with Crippen molar-refractivity contribution < 1.29 is 14.3 Å². The van der Waals surface area contributed by atoms with Crippen LogP contribution in [0, 0.1) is 17.8 Å². The molecule has 0 saturated heterocycles. The van der Waals surface area contributed by atoms with Gasteiger partial charge in [-0.05, 0) is 25.7 Å². The molecule has 2 bridgehead atoms. The quantitative estimate of drug-likeness (QED) is 0.571. The summed E-state index contributed by atoms with van der Waals surface area (Å²) in [7, 11) is 1.42. The molecular formula is C10H14O3. The zero-order chi connectivity index (χ0) is 9.42. The number of fused-ring (bicyclic) bond motifs is 2. The molecule has 0 aromatic carbocycles. The van der Waals surface area contributed by atoms with E-state index in [1.807, 2.05) is 0 Å². The van der Waals surface area contributed by atoms with E-state index in [1.165, 1.54) is 7.11 Å². The van der Waals surface area contributed by atoms with Crippen LogP contribution in [0.2, 0.25) is 0 Å². The Balaban J connectivity index is 2.06. The fraction of sp³-hybridized carbons (Fsp3) is 0.800. The van der Waals surface area contributed by atoms with E-state index in [2.05, 4.69) is 0 Å². The maximum absolute atomic E-state index is 11.5. The molecule has 2 fully saturated rings. The van der Waals surface area contributed by atoms with Crippen LogP contribution in [0.15, 0.2) is 0 Å². The van der Waals surface area contributed by atoms with Crippen molar-refractivity contribution in [2.24, 2.45) is 17.8 Å². The molecule has 3 heteroatoms. The molecule has 0 amide bonds. The van der Waals surface area contributed by atoms with Crippen LogP contribution < -0.4 is 0 Å². The molecule has 2 aliphatic carbocycles. The Bertz CT molecular complexity index is 231. The van der Waals surface area contributed by atoms with Gasteiger partial charge in [-0.25, -0.2) is 0 Å². The van der Waals surface area contributed by atoms with Crippen molar-refractivity contribution in [2.75, 3.05) is 7.11 Å². The normalized spacial score (nSPS) is 37.6. The molecule has 2 unspecified atom stereocenters. The average Bonchev–Trinajstić information content (AvgIpc) is 2.42. The lowest BCUT2D eigenvalue weighted by Gasteiger charge is -2.24. The predicted molar refractivity (Wildman–Crippen MR) is 46.0 cm³/mol. The van der Waals surface area contributed by atoms with Crippen LogP contribution in [-0.4, -0.2) is 18.9 Å². The van der Waals surface area contributed by atoms with Crippen molar-refractivity contribution >= 4 is 11.8 Å². The Morgan fingerprint density at radius 2 is 1.85 bits per heavy atom. The topological polar surface area (TPSA) is 43.4 Å². The Kier molecular flexibility index (Phi) is 2.10. The lowest BCUT2D eigenvalue weighted by molar-refractivity contribution is -0.148. The van der Waals surface area contributed by atoms with Crippen LogP contribution >= 0.6 is 0 Å². The third-order valence-corrected chi connectivity index (χ3v) is 3.34. The minimum atomic E-state index is -0.135. The summed E-state index contributed by atoms with van der Waals surface area (Å²) in [6.07, 6.45) is 3.41. The van der Waals surface area contributed by atoms with Gasteiger partial charge in [0.25, 0.3) is 0 Å². The number of Topliss-reactive ketones (excluding diaryl/α,β-unsaturated/α-hetero) is 1. The number of hydrogen-bond donors (Lipinski definition) is 0. The summed E-state index contributed by atoms with van der Waals surface area (Å²) in [6, 6.07) is 0. The zero-order valence-corrected chi connectivity index (χ0v) is 7.79. The minimum absolute atomic E-state index is 0.0137. The number of ether oxygens (including phenoxy) is 1. The summed E-state index contributed by atoms with van der Waals surface area (Å²) in [5, 5.41) is 0. The summed E-state index contributed by atoms with van der Waals surface area (Å²) < 4.78 is 4.70. The van der Waals surface area contributed by atoms with E-state index in [0.29, 0.717) is 5.78 Å². The number of carbonyl (C=O) groups excluding carboxylic acids is 2.